The Labute approximate surface area is 260 Å². The lowest BCUT2D eigenvalue weighted by Crippen LogP contribution is -2.46. The highest BCUT2D eigenvalue weighted by molar-refractivity contribution is 7.88. The molecule has 0 spiro atoms. The van der Waals surface area contributed by atoms with Gasteiger partial charge < -0.3 is 20.8 Å². The van der Waals surface area contributed by atoms with Crippen molar-refractivity contribution in [1.82, 2.24) is 15.4 Å². The van der Waals surface area contributed by atoms with E-state index >= 15 is 8.78 Å². The van der Waals surface area contributed by atoms with Gasteiger partial charge in [0.2, 0.25) is 15.9 Å². The second-order valence-corrected chi connectivity index (χ2v) is 14.3. The van der Waals surface area contributed by atoms with E-state index < -0.39 is 69.1 Å². The van der Waals surface area contributed by atoms with Crippen molar-refractivity contribution in [3.05, 3.63) is 69.2 Å². The number of aliphatic hydroxyl groups excluding tert-OH is 2. The summed E-state index contributed by atoms with van der Waals surface area (Å²) in [5.41, 5.74) is -2.70. The summed E-state index contributed by atoms with van der Waals surface area (Å²) in [5.74, 6) is -3.61. The summed E-state index contributed by atoms with van der Waals surface area (Å²) >= 11 is 12.2. The Morgan fingerprint density at radius 1 is 1.23 bits per heavy atom. The number of nitrogens with zero attached hydrogens (tertiary/aromatic N) is 1. The van der Waals surface area contributed by atoms with E-state index in [0.29, 0.717) is 6.42 Å². The van der Waals surface area contributed by atoms with Gasteiger partial charge in [0.1, 0.15) is 17.0 Å². The van der Waals surface area contributed by atoms with Crippen LogP contribution in [0.3, 0.4) is 0 Å². The average molecular weight is 662 g/mol. The number of sulfonamides is 1. The molecular formula is C29H36Cl2F2N4O5S. The molecule has 14 heteroatoms. The van der Waals surface area contributed by atoms with Gasteiger partial charge in [0.15, 0.2) is 0 Å². The third-order valence-electron chi connectivity index (χ3n) is 7.83. The molecule has 1 heterocycles. The Hall–Kier alpha value is -2.37. The van der Waals surface area contributed by atoms with Crippen molar-refractivity contribution in [2.75, 3.05) is 26.0 Å². The molecule has 0 aromatic heterocycles. The Morgan fingerprint density at radius 3 is 2.53 bits per heavy atom. The molecule has 5 N–H and O–H groups in total. The number of halogens is 4. The molecule has 1 aliphatic rings. The lowest BCUT2D eigenvalue weighted by molar-refractivity contribution is -0.123. The summed E-state index contributed by atoms with van der Waals surface area (Å²) in [4.78, 5) is 13.7. The Bertz CT molecular complexity index is 1470. The topological polar surface area (TPSA) is 152 Å². The summed E-state index contributed by atoms with van der Waals surface area (Å²) < 4.78 is 57.3. The van der Waals surface area contributed by atoms with Gasteiger partial charge in [-0.25, -0.2) is 21.9 Å². The molecule has 0 radical (unpaired) electrons. The largest absolute Gasteiger partial charge is 0.394 e. The molecule has 236 valence electrons. The smallest absolute Gasteiger partial charge is 0.237 e. The second kappa shape index (κ2) is 14.2. The molecule has 0 saturated carbocycles. The number of amides is 1. The second-order valence-electron chi connectivity index (χ2n) is 11.6. The average Bonchev–Trinajstić information content (AvgIpc) is 3.22. The molecule has 1 fully saturated rings. The van der Waals surface area contributed by atoms with Crippen LogP contribution in [-0.2, 0) is 20.2 Å². The number of benzene rings is 2. The van der Waals surface area contributed by atoms with Gasteiger partial charge in [-0.05, 0) is 48.4 Å². The monoisotopic (exact) mass is 660 g/mol. The highest BCUT2D eigenvalue weighted by atomic mass is 35.5. The molecule has 1 amide bonds. The molecule has 0 unspecified atom stereocenters. The number of carbonyl (C=O) groups excluding carboxylic acids is 1. The summed E-state index contributed by atoms with van der Waals surface area (Å²) in [6.45, 7) is 3.24. The molecule has 0 bridgehead atoms. The van der Waals surface area contributed by atoms with E-state index in [2.05, 4.69) is 21.4 Å². The first-order valence-electron chi connectivity index (χ1n) is 13.6. The first-order valence-corrected chi connectivity index (χ1v) is 16.3. The number of rotatable bonds is 13. The van der Waals surface area contributed by atoms with Crippen LogP contribution in [-0.4, -0.2) is 68.7 Å². The van der Waals surface area contributed by atoms with Crippen LogP contribution in [0.5, 0.6) is 0 Å². The molecule has 9 nitrogen and oxygen atoms in total. The maximum absolute atomic E-state index is 15.8. The zero-order valence-electron chi connectivity index (χ0n) is 24.0. The van der Waals surface area contributed by atoms with Crippen LogP contribution in [0.15, 0.2) is 36.4 Å². The standard InChI is InChI=1S/C29H36Cl2F2N4O5S/c1-28(2,10-12-36-43(3,41)42)14-23-29(16-34,20-8-7-17(30)13-22(20)32)24(19-5-4-6-21(31)25(19)33)26(37-23)27(40)35-11-9-18(39)15-38/h4-8,13,18,23-24,26,36-39H,9-12,14-15H2,1-3H3,(H,35,40)/t18-,23-,24-,26+,29-/m0/s1. The van der Waals surface area contributed by atoms with Gasteiger partial charge in [-0.2, -0.15) is 5.26 Å². The SMILES string of the molecule is CC(C)(CCNS(C)(=O)=O)C[C@@H]1N[C@@H](C(=O)NCC[C@H](O)CO)[C@H](c2cccc(Cl)c2F)[C@@]1(C#N)c1ccc(Cl)cc1F. The van der Waals surface area contributed by atoms with Crippen molar-refractivity contribution in [2.24, 2.45) is 5.41 Å². The number of nitriles is 1. The van der Waals surface area contributed by atoms with E-state index in [1.54, 1.807) is 0 Å². The van der Waals surface area contributed by atoms with Crippen LogP contribution in [0, 0.1) is 28.4 Å². The molecule has 1 aliphatic heterocycles. The molecule has 1 saturated heterocycles. The van der Waals surface area contributed by atoms with E-state index in [9.17, 15) is 23.6 Å². The summed E-state index contributed by atoms with van der Waals surface area (Å²) in [5, 5.41) is 35.5. The Balaban J connectivity index is 2.19. The van der Waals surface area contributed by atoms with Crippen molar-refractivity contribution < 1.29 is 32.2 Å². The number of carbonyl (C=O) groups is 1. The van der Waals surface area contributed by atoms with Crippen LogP contribution in [0.1, 0.15) is 50.2 Å². The van der Waals surface area contributed by atoms with E-state index in [-0.39, 0.29) is 47.1 Å². The highest BCUT2D eigenvalue weighted by Crippen LogP contribution is 2.53. The number of hydrogen-bond donors (Lipinski definition) is 5. The predicted octanol–water partition coefficient (Wildman–Crippen LogP) is 3.37. The van der Waals surface area contributed by atoms with E-state index in [0.717, 1.165) is 12.3 Å². The van der Waals surface area contributed by atoms with Gasteiger partial charge in [-0.1, -0.05) is 55.2 Å². The van der Waals surface area contributed by atoms with Crippen molar-refractivity contribution in [3.63, 3.8) is 0 Å². The molecule has 2 aromatic rings. The first-order chi connectivity index (χ1) is 20.1. The fourth-order valence-electron chi connectivity index (χ4n) is 5.74. The first kappa shape index (κ1) is 35.1. The summed E-state index contributed by atoms with van der Waals surface area (Å²) in [7, 11) is -3.47. The minimum absolute atomic E-state index is 0.0319. The molecule has 0 aliphatic carbocycles. The fraction of sp³-hybridized carbons (Fsp3) is 0.517. The lowest BCUT2D eigenvalue weighted by Gasteiger charge is -2.38. The molecular weight excluding hydrogens is 625 g/mol. The minimum Gasteiger partial charge on any atom is -0.394 e. The molecule has 43 heavy (non-hydrogen) atoms. The van der Waals surface area contributed by atoms with Crippen molar-refractivity contribution in [2.45, 2.75) is 62.6 Å². The maximum atomic E-state index is 15.8. The predicted molar refractivity (Wildman–Crippen MR) is 160 cm³/mol. The van der Waals surface area contributed by atoms with E-state index in [4.69, 9.17) is 28.3 Å². The number of aliphatic hydroxyl groups is 2. The van der Waals surface area contributed by atoms with Crippen LogP contribution in [0.4, 0.5) is 8.78 Å². The molecule has 5 atom stereocenters. The van der Waals surface area contributed by atoms with Gasteiger partial charge in [0.05, 0.1) is 36.1 Å². The Morgan fingerprint density at radius 2 is 1.93 bits per heavy atom. The number of nitrogens with one attached hydrogen (secondary N) is 3. The van der Waals surface area contributed by atoms with Gasteiger partial charge >= 0.3 is 0 Å². The fourth-order valence-corrected chi connectivity index (χ4v) is 6.55. The molecule has 2 aromatic carbocycles. The summed E-state index contributed by atoms with van der Waals surface area (Å²) in [6.07, 6.45) is 0.474. The van der Waals surface area contributed by atoms with Gasteiger partial charge in [0, 0.05) is 35.6 Å². The van der Waals surface area contributed by atoms with E-state index in [1.807, 2.05) is 13.8 Å². The quantitative estimate of drug-likeness (QED) is 0.221. The van der Waals surface area contributed by atoms with Crippen LogP contribution in [0.2, 0.25) is 10.0 Å². The highest BCUT2D eigenvalue weighted by Gasteiger charge is 2.61. The normalized spacial score (nSPS) is 23.1. The summed E-state index contributed by atoms with van der Waals surface area (Å²) in [6, 6.07) is 8.04. The van der Waals surface area contributed by atoms with Crippen molar-refractivity contribution >= 4 is 39.1 Å². The van der Waals surface area contributed by atoms with Crippen molar-refractivity contribution in [3.8, 4) is 6.07 Å². The third-order valence-corrected chi connectivity index (χ3v) is 9.08. The van der Waals surface area contributed by atoms with Gasteiger partial charge in [-0.3, -0.25) is 4.79 Å². The van der Waals surface area contributed by atoms with Crippen molar-refractivity contribution in [1.29, 1.82) is 5.26 Å². The van der Waals surface area contributed by atoms with Gasteiger partial charge in [0.25, 0.3) is 0 Å². The zero-order chi connectivity index (χ0) is 32.2. The van der Waals surface area contributed by atoms with Gasteiger partial charge in [-0.15, -0.1) is 0 Å². The van der Waals surface area contributed by atoms with Crippen LogP contribution >= 0.6 is 23.2 Å². The lowest BCUT2D eigenvalue weighted by atomic mass is 9.62. The number of hydrogen-bond acceptors (Lipinski definition) is 7. The Kier molecular flexibility index (Phi) is 11.6. The van der Waals surface area contributed by atoms with Crippen LogP contribution in [0.25, 0.3) is 0 Å². The maximum Gasteiger partial charge on any atom is 0.237 e. The molecule has 3 rings (SSSR count). The third kappa shape index (κ3) is 8.22. The van der Waals surface area contributed by atoms with E-state index in [1.165, 1.54) is 30.3 Å². The minimum atomic E-state index is -3.47. The van der Waals surface area contributed by atoms with Crippen LogP contribution < -0.4 is 15.4 Å². The zero-order valence-corrected chi connectivity index (χ0v) is 26.3.